The summed E-state index contributed by atoms with van der Waals surface area (Å²) in [7, 11) is 0. The highest BCUT2D eigenvalue weighted by atomic mass is 16.3. The molecule has 0 bridgehead atoms. The molecule has 0 aromatic heterocycles. The van der Waals surface area contributed by atoms with Crippen molar-refractivity contribution in [2.24, 2.45) is 11.8 Å². The Morgan fingerprint density at radius 2 is 1.61 bits per heavy atom. The summed E-state index contributed by atoms with van der Waals surface area (Å²) in [5.41, 5.74) is -0.665. The van der Waals surface area contributed by atoms with Crippen LogP contribution in [0.1, 0.15) is 76.2 Å². The molecule has 3 fully saturated rings. The van der Waals surface area contributed by atoms with E-state index < -0.39 is 5.60 Å². The Kier molecular flexibility index (Phi) is 7.84. The fourth-order valence-corrected chi connectivity index (χ4v) is 5.90. The number of benzene rings is 1. The van der Waals surface area contributed by atoms with Crippen molar-refractivity contribution in [3.05, 3.63) is 48.0 Å². The zero-order valence-corrected chi connectivity index (χ0v) is 19.0. The number of amides is 1. The Morgan fingerprint density at radius 3 is 2.29 bits per heavy atom. The molecule has 4 nitrogen and oxygen atoms in total. The Hall–Kier alpha value is -1.65. The third-order valence-electron chi connectivity index (χ3n) is 7.90. The monoisotopic (exact) mass is 424 g/mol. The van der Waals surface area contributed by atoms with E-state index >= 15 is 0 Å². The molecular formula is C27H40N2O2. The fourth-order valence-electron chi connectivity index (χ4n) is 5.90. The molecule has 2 aliphatic carbocycles. The topological polar surface area (TPSA) is 52.6 Å². The molecule has 1 aromatic carbocycles. The maximum atomic E-state index is 13.4. The van der Waals surface area contributed by atoms with Gasteiger partial charge in [0.1, 0.15) is 0 Å². The van der Waals surface area contributed by atoms with Gasteiger partial charge in [0, 0.05) is 31.6 Å². The molecule has 0 spiro atoms. The van der Waals surface area contributed by atoms with Crippen molar-refractivity contribution in [3.8, 4) is 0 Å². The van der Waals surface area contributed by atoms with Crippen LogP contribution in [0.15, 0.2) is 42.5 Å². The largest absolute Gasteiger partial charge is 0.375 e. The highest BCUT2D eigenvalue weighted by Crippen LogP contribution is 2.41. The first-order chi connectivity index (χ1) is 15.2. The van der Waals surface area contributed by atoms with E-state index in [0.29, 0.717) is 0 Å². The number of rotatable bonds is 8. The lowest BCUT2D eigenvalue weighted by Gasteiger charge is -2.37. The number of hydrogen-bond acceptors (Lipinski definition) is 3. The van der Waals surface area contributed by atoms with E-state index in [4.69, 9.17) is 0 Å². The van der Waals surface area contributed by atoms with Crippen LogP contribution in [0.4, 0.5) is 0 Å². The molecule has 1 amide bonds. The number of carbonyl (C=O) groups is 1. The molecular weight excluding hydrogens is 384 g/mol. The van der Waals surface area contributed by atoms with Crippen molar-refractivity contribution in [2.75, 3.05) is 19.6 Å². The second kappa shape index (κ2) is 10.8. The number of nitrogens with one attached hydrogen (secondary N) is 1. The predicted octanol–water partition coefficient (Wildman–Crippen LogP) is 4.78. The van der Waals surface area contributed by atoms with Gasteiger partial charge in [-0.3, -0.25) is 9.69 Å². The van der Waals surface area contributed by atoms with E-state index in [0.717, 1.165) is 69.6 Å². The Bertz CT molecular complexity index is 714. The third-order valence-corrected chi connectivity index (χ3v) is 7.90. The molecule has 2 N–H and O–H groups in total. The molecule has 4 heteroatoms. The van der Waals surface area contributed by atoms with E-state index in [1.807, 2.05) is 30.3 Å². The molecule has 1 aromatic rings. The zero-order chi connectivity index (χ0) is 21.5. The molecule has 1 aliphatic heterocycles. The lowest BCUT2D eigenvalue weighted by Crippen LogP contribution is -2.54. The lowest BCUT2D eigenvalue weighted by molar-refractivity contribution is -0.148. The standard InChI is InChI=1S/C27H40N2O2/c30-26(27(31,24-15-6-7-16-24)23-13-2-1-3-14-23)28-25-17-20-29(21-18-25)19-9-8-12-22-10-4-5-11-22/h1-3,8-9,13-14,22,24-25,31H,4-7,10-12,15-21H2,(H,28,30). The predicted molar refractivity (Wildman–Crippen MR) is 126 cm³/mol. The van der Waals surface area contributed by atoms with E-state index in [1.165, 1.54) is 32.1 Å². The first-order valence-electron chi connectivity index (χ1n) is 12.6. The number of nitrogens with zero attached hydrogens (tertiary/aromatic N) is 1. The van der Waals surface area contributed by atoms with E-state index in [9.17, 15) is 9.90 Å². The molecule has 4 rings (SSSR count). The van der Waals surface area contributed by atoms with Gasteiger partial charge in [0.15, 0.2) is 5.60 Å². The van der Waals surface area contributed by atoms with Crippen LogP contribution in [-0.2, 0) is 10.4 Å². The average Bonchev–Trinajstić information content (AvgIpc) is 3.52. The molecule has 31 heavy (non-hydrogen) atoms. The van der Waals surface area contributed by atoms with Crippen LogP contribution in [0, 0.1) is 11.8 Å². The van der Waals surface area contributed by atoms with Crippen LogP contribution in [0.2, 0.25) is 0 Å². The van der Waals surface area contributed by atoms with Gasteiger partial charge in [0.05, 0.1) is 0 Å². The van der Waals surface area contributed by atoms with Crippen molar-refractivity contribution in [3.63, 3.8) is 0 Å². The number of piperidine rings is 1. The number of carbonyl (C=O) groups excluding carboxylic acids is 1. The van der Waals surface area contributed by atoms with Crippen molar-refractivity contribution in [2.45, 2.75) is 82.3 Å². The van der Waals surface area contributed by atoms with Crippen molar-refractivity contribution in [1.82, 2.24) is 10.2 Å². The van der Waals surface area contributed by atoms with Crippen molar-refractivity contribution in [1.29, 1.82) is 0 Å². The summed E-state index contributed by atoms with van der Waals surface area (Å²) in [5, 5.41) is 14.9. The normalized spacial score (nSPS) is 24.0. The van der Waals surface area contributed by atoms with Crippen molar-refractivity contribution >= 4 is 5.91 Å². The first kappa shape index (κ1) is 22.5. The molecule has 0 radical (unpaired) electrons. The highest BCUT2D eigenvalue weighted by molar-refractivity contribution is 5.87. The second-order valence-corrected chi connectivity index (χ2v) is 10.0. The van der Waals surface area contributed by atoms with Crippen LogP contribution in [-0.4, -0.2) is 41.6 Å². The molecule has 1 atom stereocenters. The summed E-state index contributed by atoms with van der Waals surface area (Å²) in [6, 6.07) is 9.73. The zero-order valence-electron chi connectivity index (χ0n) is 19.0. The number of likely N-dealkylation sites (tertiary alicyclic amines) is 1. The maximum absolute atomic E-state index is 13.4. The van der Waals surface area contributed by atoms with Gasteiger partial charge in [-0.05, 0) is 43.6 Å². The average molecular weight is 425 g/mol. The third kappa shape index (κ3) is 5.59. The SMILES string of the molecule is O=C(NC1CCN(CC=CCC2CCCC2)CC1)C(O)(c1ccccc1)C1CCCC1. The summed E-state index contributed by atoms with van der Waals surface area (Å²) in [4.78, 5) is 15.8. The number of aliphatic hydroxyl groups is 1. The van der Waals surface area contributed by atoms with Gasteiger partial charge in [-0.15, -0.1) is 0 Å². The molecule has 170 valence electrons. The summed E-state index contributed by atoms with van der Waals surface area (Å²) in [5.74, 6) is 0.737. The molecule has 1 heterocycles. The van der Waals surface area contributed by atoms with Crippen LogP contribution in [0.25, 0.3) is 0 Å². The van der Waals surface area contributed by atoms with E-state index in [2.05, 4.69) is 22.4 Å². The van der Waals surface area contributed by atoms with Gasteiger partial charge < -0.3 is 10.4 Å². The Balaban J connectivity index is 1.27. The smallest absolute Gasteiger partial charge is 0.257 e. The molecule has 1 saturated heterocycles. The number of allylic oxidation sites excluding steroid dienone is 1. The molecule has 3 aliphatic rings. The van der Waals surface area contributed by atoms with Gasteiger partial charge in [0.25, 0.3) is 5.91 Å². The van der Waals surface area contributed by atoms with Gasteiger partial charge in [-0.25, -0.2) is 0 Å². The summed E-state index contributed by atoms with van der Waals surface area (Å²) in [6.45, 7) is 3.03. The fraction of sp³-hybridized carbons (Fsp3) is 0.667. The van der Waals surface area contributed by atoms with Gasteiger partial charge in [-0.1, -0.05) is 81.0 Å². The van der Waals surface area contributed by atoms with Crippen molar-refractivity contribution < 1.29 is 9.90 Å². The van der Waals surface area contributed by atoms with Crippen LogP contribution < -0.4 is 5.32 Å². The summed E-state index contributed by atoms with van der Waals surface area (Å²) < 4.78 is 0. The quantitative estimate of drug-likeness (QED) is 0.591. The molecule has 1 unspecified atom stereocenters. The van der Waals surface area contributed by atoms with Crippen LogP contribution in [0.3, 0.4) is 0 Å². The minimum atomic E-state index is -1.40. The van der Waals surface area contributed by atoms with Gasteiger partial charge >= 0.3 is 0 Å². The van der Waals surface area contributed by atoms with E-state index in [1.54, 1.807) is 0 Å². The minimum Gasteiger partial charge on any atom is -0.375 e. The molecule has 2 saturated carbocycles. The summed E-state index contributed by atoms with van der Waals surface area (Å²) in [6.07, 6.45) is 17.6. The minimum absolute atomic E-state index is 0.0139. The first-order valence-corrected chi connectivity index (χ1v) is 12.6. The Labute approximate surface area is 188 Å². The Morgan fingerprint density at radius 1 is 0.968 bits per heavy atom. The maximum Gasteiger partial charge on any atom is 0.257 e. The van der Waals surface area contributed by atoms with Crippen LogP contribution >= 0.6 is 0 Å². The van der Waals surface area contributed by atoms with Crippen LogP contribution in [0.5, 0.6) is 0 Å². The van der Waals surface area contributed by atoms with Gasteiger partial charge in [-0.2, -0.15) is 0 Å². The number of hydrogen-bond donors (Lipinski definition) is 2. The van der Waals surface area contributed by atoms with Gasteiger partial charge in [0.2, 0.25) is 0 Å². The highest BCUT2D eigenvalue weighted by Gasteiger charge is 2.46. The summed E-state index contributed by atoms with van der Waals surface area (Å²) >= 11 is 0. The van der Waals surface area contributed by atoms with E-state index in [-0.39, 0.29) is 17.9 Å². The second-order valence-electron chi connectivity index (χ2n) is 10.0. The lowest BCUT2D eigenvalue weighted by atomic mass is 9.79.